The zero-order chi connectivity index (χ0) is 18.2. The minimum atomic E-state index is 0.456. The summed E-state index contributed by atoms with van der Waals surface area (Å²) in [5.74, 6) is 3.27. The van der Waals surface area contributed by atoms with Crippen LogP contribution in [0.1, 0.15) is 37.4 Å². The van der Waals surface area contributed by atoms with Crippen molar-refractivity contribution < 1.29 is 4.74 Å². The average molecular weight is 362 g/mol. The lowest BCUT2D eigenvalue weighted by atomic mass is 9.97. The van der Waals surface area contributed by atoms with Crippen LogP contribution in [0.3, 0.4) is 0 Å². The summed E-state index contributed by atoms with van der Waals surface area (Å²) in [7, 11) is 1.70. The Morgan fingerprint density at radius 1 is 1.11 bits per heavy atom. The lowest BCUT2D eigenvalue weighted by Crippen LogP contribution is -2.36. The van der Waals surface area contributed by atoms with Crippen molar-refractivity contribution in [3.05, 3.63) is 48.4 Å². The molecule has 1 atom stereocenters. The number of hydrogen-bond donors (Lipinski definition) is 0. The van der Waals surface area contributed by atoms with Gasteiger partial charge in [0.25, 0.3) is 0 Å². The third-order valence-electron chi connectivity index (χ3n) is 5.83. The van der Waals surface area contributed by atoms with Gasteiger partial charge in [0.05, 0.1) is 7.11 Å². The second-order valence-corrected chi connectivity index (χ2v) is 7.96. The number of aromatic nitrogens is 3. The zero-order valence-electron chi connectivity index (χ0n) is 15.8. The van der Waals surface area contributed by atoms with Gasteiger partial charge < -0.3 is 9.64 Å². The van der Waals surface area contributed by atoms with Crippen LogP contribution in [-0.4, -0.2) is 46.2 Å². The Morgan fingerprint density at radius 2 is 2.04 bits per heavy atom. The fourth-order valence-corrected chi connectivity index (χ4v) is 4.14. The lowest BCUT2D eigenvalue weighted by molar-refractivity contribution is 0.197. The number of pyridine rings is 1. The Labute approximate surface area is 160 Å². The highest BCUT2D eigenvalue weighted by Crippen LogP contribution is 2.33. The molecular formula is C22H26N4O. The molecule has 1 aromatic carbocycles. The monoisotopic (exact) mass is 362 g/mol. The quantitative estimate of drug-likeness (QED) is 0.688. The first-order chi connectivity index (χ1) is 13.3. The summed E-state index contributed by atoms with van der Waals surface area (Å²) in [5.41, 5.74) is 3.18. The number of rotatable bonds is 5. The van der Waals surface area contributed by atoms with Crippen molar-refractivity contribution >= 4 is 5.65 Å². The van der Waals surface area contributed by atoms with Crippen LogP contribution in [0.4, 0.5) is 0 Å². The molecule has 5 rings (SSSR count). The molecule has 5 heteroatoms. The van der Waals surface area contributed by atoms with Gasteiger partial charge in [0.1, 0.15) is 5.75 Å². The standard InChI is InChI=1S/C22H26N4O/c1-27-20-6-2-4-17(12-20)18-9-10-21-23-22(24-26(21)15-18)19-5-3-11-25(14-19)13-16-7-8-16/h2,4,6,9-10,12,15-16,19H,3,5,7-8,11,13-14H2,1H3. The molecule has 0 radical (unpaired) electrons. The lowest BCUT2D eigenvalue weighted by Gasteiger charge is -2.31. The molecule has 1 unspecified atom stereocenters. The summed E-state index contributed by atoms with van der Waals surface area (Å²) in [4.78, 5) is 7.46. The second kappa shape index (κ2) is 6.97. The third-order valence-corrected chi connectivity index (χ3v) is 5.83. The van der Waals surface area contributed by atoms with E-state index in [-0.39, 0.29) is 0 Å². The maximum atomic E-state index is 5.35. The zero-order valence-corrected chi connectivity index (χ0v) is 15.8. The molecule has 0 N–H and O–H groups in total. The molecule has 1 saturated carbocycles. The van der Waals surface area contributed by atoms with Crippen molar-refractivity contribution in [1.82, 2.24) is 19.5 Å². The van der Waals surface area contributed by atoms with Crippen molar-refractivity contribution in [2.24, 2.45) is 5.92 Å². The van der Waals surface area contributed by atoms with Gasteiger partial charge in [0.2, 0.25) is 0 Å². The number of methoxy groups -OCH3 is 1. The Kier molecular flexibility index (Phi) is 4.32. The Balaban J connectivity index is 1.40. The van der Waals surface area contributed by atoms with Crippen LogP contribution in [0.2, 0.25) is 0 Å². The van der Waals surface area contributed by atoms with Gasteiger partial charge >= 0.3 is 0 Å². The molecule has 2 fully saturated rings. The smallest absolute Gasteiger partial charge is 0.156 e. The van der Waals surface area contributed by atoms with E-state index in [1.807, 2.05) is 16.6 Å². The Morgan fingerprint density at radius 3 is 2.89 bits per heavy atom. The molecule has 2 aliphatic rings. The van der Waals surface area contributed by atoms with E-state index < -0.39 is 0 Å². The number of ether oxygens (including phenoxy) is 1. The van der Waals surface area contributed by atoms with E-state index in [2.05, 4.69) is 35.4 Å². The van der Waals surface area contributed by atoms with E-state index in [1.165, 1.54) is 38.8 Å². The van der Waals surface area contributed by atoms with E-state index in [9.17, 15) is 0 Å². The van der Waals surface area contributed by atoms with Gasteiger partial charge in [0, 0.05) is 30.8 Å². The normalized spacial score (nSPS) is 20.9. The van der Waals surface area contributed by atoms with E-state index in [0.29, 0.717) is 5.92 Å². The van der Waals surface area contributed by atoms with Crippen LogP contribution < -0.4 is 4.74 Å². The maximum Gasteiger partial charge on any atom is 0.156 e. The number of piperidine rings is 1. The van der Waals surface area contributed by atoms with Crippen LogP contribution in [0.5, 0.6) is 5.75 Å². The topological polar surface area (TPSA) is 42.7 Å². The van der Waals surface area contributed by atoms with Crippen molar-refractivity contribution in [3.8, 4) is 16.9 Å². The fourth-order valence-electron chi connectivity index (χ4n) is 4.14. The minimum absolute atomic E-state index is 0.456. The molecule has 1 aliphatic carbocycles. The van der Waals surface area contributed by atoms with E-state index in [1.54, 1.807) is 7.11 Å². The molecule has 3 aromatic rings. The van der Waals surface area contributed by atoms with Crippen molar-refractivity contribution in [2.45, 2.75) is 31.6 Å². The molecule has 0 bridgehead atoms. The third kappa shape index (κ3) is 3.56. The van der Waals surface area contributed by atoms with Gasteiger partial charge in [-0.15, -0.1) is 0 Å². The van der Waals surface area contributed by atoms with E-state index in [0.717, 1.165) is 40.8 Å². The molecule has 0 amide bonds. The van der Waals surface area contributed by atoms with Gasteiger partial charge in [-0.25, -0.2) is 9.50 Å². The average Bonchev–Trinajstić information content (AvgIpc) is 3.42. The molecule has 2 aromatic heterocycles. The van der Waals surface area contributed by atoms with Gasteiger partial charge in [-0.2, -0.15) is 5.10 Å². The van der Waals surface area contributed by atoms with Gasteiger partial charge in [-0.3, -0.25) is 0 Å². The second-order valence-electron chi connectivity index (χ2n) is 7.96. The number of hydrogen-bond acceptors (Lipinski definition) is 4. The van der Waals surface area contributed by atoms with Crippen LogP contribution in [-0.2, 0) is 0 Å². The Bertz CT molecular complexity index is 946. The summed E-state index contributed by atoms with van der Waals surface area (Å²) < 4.78 is 7.28. The predicted molar refractivity (Wildman–Crippen MR) is 106 cm³/mol. The van der Waals surface area contributed by atoms with Crippen LogP contribution in [0, 0.1) is 5.92 Å². The van der Waals surface area contributed by atoms with Crippen LogP contribution in [0.25, 0.3) is 16.8 Å². The fraction of sp³-hybridized carbons (Fsp3) is 0.455. The number of likely N-dealkylation sites (tertiary alicyclic amines) is 1. The molecule has 27 heavy (non-hydrogen) atoms. The summed E-state index contributed by atoms with van der Waals surface area (Å²) in [6.45, 7) is 3.61. The molecule has 5 nitrogen and oxygen atoms in total. The van der Waals surface area contributed by atoms with Crippen LogP contribution in [0.15, 0.2) is 42.6 Å². The maximum absolute atomic E-state index is 5.35. The van der Waals surface area contributed by atoms with Gasteiger partial charge in [0.15, 0.2) is 11.5 Å². The summed E-state index contributed by atoms with van der Waals surface area (Å²) >= 11 is 0. The van der Waals surface area contributed by atoms with Gasteiger partial charge in [-0.05, 0) is 68.0 Å². The highest BCUT2D eigenvalue weighted by molar-refractivity contribution is 5.65. The molecular weight excluding hydrogens is 336 g/mol. The number of fused-ring (bicyclic) bond motifs is 1. The first-order valence-electron chi connectivity index (χ1n) is 10.0. The highest BCUT2D eigenvalue weighted by atomic mass is 16.5. The molecule has 1 aliphatic heterocycles. The summed E-state index contributed by atoms with van der Waals surface area (Å²) in [6, 6.07) is 12.3. The molecule has 0 spiro atoms. The SMILES string of the molecule is COc1cccc(-c2ccc3nc(C4CCCN(CC5CC5)C4)nn3c2)c1. The van der Waals surface area contributed by atoms with E-state index >= 15 is 0 Å². The first-order valence-corrected chi connectivity index (χ1v) is 10.0. The molecule has 140 valence electrons. The Hall–Kier alpha value is -2.40. The molecule has 1 saturated heterocycles. The number of benzene rings is 1. The highest BCUT2D eigenvalue weighted by Gasteiger charge is 2.29. The van der Waals surface area contributed by atoms with Gasteiger partial charge in [-0.1, -0.05) is 12.1 Å². The van der Waals surface area contributed by atoms with Crippen molar-refractivity contribution in [2.75, 3.05) is 26.7 Å². The molecule has 3 heterocycles. The predicted octanol–water partition coefficient (Wildman–Crippen LogP) is 3.99. The van der Waals surface area contributed by atoms with E-state index in [4.69, 9.17) is 14.8 Å². The largest absolute Gasteiger partial charge is 0.497 e. The van der Waals surface area contributed by atoms with Crippen molar-refractivity contribution in [1.29, 1.82) is 0 Å². The number of nitrogens with zero attached hydrogens (tertiary/aromatic N) is 4. The summed E-state index contributed by atoms with van der Waals surface area (Å²) in [5, 5.41) is 4.84. The first kappa shape index (κ1) is 16.8. The summed E-state index contributed by atoms with van der Waals surface area (Å²) in [6.07, 6.45) is 7.36. The minimum Gasteiger partial charge on any atom is -0.497 e. The van der Waals surface area contributed by atoms with Crippen molar-refractivity contribution in [3.63, 3.8) is 0 Å². The van der Waals surface area contributed by atoms with Crippen LogP contribution >= 0.6 is 0 Å².